The lowest BCUT2D eigenvalue weighted by Gasteiger charge is -2.03. The summed E-state index contributed by atoms with van der Waals surface area (Å²) in [6.45, 7) is 5.68. The maximum atomic E-state index is 5.31. The predicted octanol–water partition coefficient (Wildman–Crippen LogP) is 3.01. The van der Waals surface area contributed by atoms with E-state index in [0.29, 0.717) is 13.2 Å². The Kier molecular flexibility index (Phi) is 5.83. The molecule has 0 aliphatic heterocycles. The normalized spacial score (nSPS) is 10.4. The largest absolute Gasteiger partial charge is 0.379 e. The van der Waals surface area contributed by atoms with Crippen molar-refractivity contribution in [1.29, 1.82) is 0 Å². The molecule has 0 N–H and O–H groups in total. The van der Waals surface area contributed by atoms with Crippen molar-refractivity contribution < 1.29 is 9.47 Å². The highest BCUT2D eigenvalue weighted by Crippen LogP contribution is 2.13. The van der Waals surface area contributed by atoms with Gasteiger partial charge in [-0.05, 0) is 24.6 Å². The molecule has 1 radical (unpaired) electrons. The molecule has 0 spiro atoms. The molecule has 0 fully saturated rings. The molecular weight excluding hydrogens is 244 g/mol. The minimum atomic E-state index is 0.598. The summed E-state index contributed by atoms with van der Waals surface area (Å²) in [6, 6.07) is 7.95. The van der Waals surface area contributed by atoms with Crippen molar-refractivity contribution in [3.8, 4) is 0 Å². The Morgan fingerprint density at radius 1 is 1.36 bits per heavy atom. The SMILES string of the molecule is CCOCCO[CH]c1cccc(Br)c1. The van der Waals surface area contributed by atoms with Gasteiger partial charge in [-0.25, -0.2) is 0 Å². The van der Waals surface area contributed by atoms with Crippen LogP contribution in [-0.2, 0) is 9.47 Å². The fourth-order valence-electron chi connectivity index (χ4n) is 0.986. The Morgan fingerprint density at radius 3 is 2.93 bits per heavy atom. The van der Waals surface area contributed by atoms with Gasteiger partial charge in [0.2, 0.25) is 0 Å². The van der Waals surface area contributed by atoms with Gasteiger partial charge in [0.15, 0.2) is 0 Å². The smallest absolute Gasteiger partial charge is 0.113 e. The van der Waals surface area contributed by atoms with E-state index < -0.39 is 0 Å². The third kappa shape index (κ3) is 4.74. The van der Waals surface area contributed by atoms with E-state index in [1.807, 2.05) is 31.2 Å². The molecule has 0 aromatic heterocycles. The minimum absolute atomic E-state index is 0.598. The predicted molar refractivity (Wildman–Crippen MR) is 60.0 cm³/mol. The van der Waals surface area contributed by atoms with Crippen molar-refractivity contribution >= 4 is 15.9 Å². The first kappa shape index (κ1) is 11.7. The van der Waals surface area contributed by atoms with Crippen LogP contribution < -0.4 is 0 Å². The van der Waals surface area contributed by atoms with E-state index in [9.17, 15) is 0 Å². The molecule has 0 aliphatic carbocycles. The highest BCUT2D eigenvalue weighted by Gasteiger charge is 1.94. The van der Waals surface area contributed by atoms with E-state index in [4.69, 9.17) is 9.47 Å². The molecule has 2 nitrogen and oxygen atoms in total. The number of hydrogen-bond acceptors (Lipinski definition) is 2. The molecule has 0 unspecified atom stereocenters. The first-order valence-corrected chi connectivity index (χ1v) is 5.40. The Bertz CT molecular complexity index is 263. The number of halogens is 1. The highest BCUT2D eigenvalue weighted by molar-refractivity contribution is 9.10. The van der Waals surface area contributed by atoms with Gasteiger partial charge in [-0.1, -0.05) is 28.1 Å². The first-order valence-electron chi connectivity index (χ1n) is 4.61. The molecule has 0 bridgehead atoms. The number of hydrogen-bond donors (Lipinski definition) is 0. The van der Waals surface area contributed by atoms with Crippen molar-refractivity contribution in [2.24, 2.45) is 0 Å². The summed E-state index contributed by atoms with van der Waals surface area (Å²) in [5.74, 6) is 0. The second kappa shape index (κ2) is 6.98. The zero-order valence-electron chi connectivity index (χ0n) is 8.20. The Morgan fingerprint density at radius 2 is 2.21 bits per heavy atom. The topological polar surface area (TPSA) is 18.5 Å². The van der Waals surface area contributed by atoms with Gasteiger partial charge in [0.05, 0.1) is 13.2 Å². The van der Waals surface area contributed by atoms with Crippen LogP contribution in [-0.4, -0.2) is 19.8 Å². The minimum Gasteiger partial charge on any atom is -0.379 e. The van der Waals surface area contributed by atoms with Gasteiger partial charge in [0, 0.05) is 11.1 Å². The molecule has 77 valence electrons. The monoisotopic (exact) mass is 257 g/mol. The van der Waals surface area contributed by atoms with Crippen LogP contribution in [0.2, 0.25) is 0 Å². The molecule has 0 saturated heterocycles. The lowest BCUT2D eigenvalue weighted by molar-refractivity contribution is 0.0828. The van der Waals surface area contributed by atoms with Gasteiger partial charge < -0.3 is 9.47 Å². The van der Waals surface area contributed by atoms with Crippen LogP contribution in [0.15, 0.2) is 28.7 Å². The molecule has 0 amide bonds. The van der Waals surface area contributed by atoms with E-state index in [-0.39, 0.29) is 0 Å². The molecule has 1 aromatic carbocycles. The summed E-state index contributed by atoms with van der Waals surface area (Å²) in [7, 11) is 0. The lowest BCUT2D eigenvalue weighted by Crippen LogP contribution is -2.02. The van der Waals surface area contributed by atoms with Gasteiger partial charge in [-0.2, -0.15) is 0 Å². The van der Waals surface area contributed by atoms with Gasteiger partial charge in [-0.3, -0.25) is 0 Å². The Labute approximate surface area is 93.4 Å². The van der Waals surface area contributed by atoms with Gasteiger partial charge >= 0.3 is 0 Å². The summed E-state index contributed by atoms with van der Waals surface area (Å²) < 4.78 is 11.5. The molecule has 0 atom stereocenters. The number of ether oxygens (including phenoxy) is 2. The van der Waals surface area contributed by atoms with Crippen LogP contribution in [0, 0.1) is 6.61 Å². The second-order valence-electron chi connectivity index (χ2n) is 2.74. The second-order valence-corrected chi connectivity index (χ2v) is 3.66. The third-order valence-electron chi connectivity index (χ3n) is 1.62. The van der Waals surface area contributed by atoms with Crippen LogP contribution in [0.5, 0.6) is 0 Å². The highest BCUT2D eigenvalue weighted by atomic mass is 79.9. The first-order chi connectivity index (χ1) is 6.83. The van der Waals surface area contributed by atoms with Gasteiger partial charge in [0.1, 0.15) is 6.61 Å². The van der Waals surface area contributed by atoms with Crippen molar-refractivity contribution in [3.63, 3.8) is 0 Å². The lowest BCUT2D eigenvalue weighted by atomic mass is 10.2. The Hall–Kier alpha value is -0.380. The standard InChI is InChI=1S/C11H14BrO2/c1-2-13-6-7-14-9-10-4-3-5-11(12)8-10/h3-5,8-9H,2,6-7H2,1H3. The van der Waals surface area contributed by atoms with E-state index in [1.54, 1.807) is 6.61 Å². The van der Waals surface area contributed by atoms with Crippen molar-refractivity contribution in [3.05, 3.63) is 40.9 Å². The van der Waals surface area contributed by atoms with Crippen LogP contribution in [0.1, 0.15) is 12.5 Å². The number of rotatable bonds is 6. The van der Waals surface area contributed by atoms with Gasteiger partial charge in [-0.15, -0.1) is 0 Å². The molecule has 14 heavy (non-hydrogen) atoms. The molecule has 1 aromatic rings. The summed E-state index contributed by atoms with van der Waals surface area (Å²) in [4.78, 5) is 0. The number of benzene rings is 1. The third-order valence-corrected chi connectivity index (χ3v) is 2.11. The summed E-state index contributed by atoms with van der Waals surface area (Å²) in [5, 5.41) is 0. The molecule has 3 heteroatoms. The van der Waals surface area contributed by atoms with E-state index >= 15 is 0 Å². The van der Waals surface area contributed by atoms with Crippen LogP contribution in [0.25, 0.3) is 0 Å². The van der Waals surface area contributed by atoms with Crippen molar-refractivity contribution in [2.45, 2.75) is 6.92 Å². The van der Waals surface area contributed by atoms with Crippen LogP contribution in [0.4, 0.5) is 0 Å². The van der Waals surface area contributed by atoms with Crippen LogP contribution >= 0.6 is 15.9 Å². The van der Waals surface area contributed by atoms with Gasteiger partial charge in [0.25, 0.3) is 0 Å². The van der Waals surface area contributed by atoms with Crippen LogP contribution in [0.3, 0.4) is 0 Å². The average molecular weight is 258 g/mol. The average Bonchev–Trinajstić information content (AvgIpc) is 2.18. The van der Waals surface area contributed by atoms with Crippen molar-refractivity contribution in [1.82, 2.24) is 0 Å². The Balaban J connectivity index is 2.18. The summed E-state index contributed by atoms with van der Waals surface area (Å²) in [5.41, 5.74) is 1.05. The van der Waals surface area contributed by atoms with Crippen molar-refractivity contribution in [2.75, 3.05) is 19.8 Å². The summed E-state index contributed by atoms with van der Waals surface area (Å²) in [6.07, 6.45) is 0. The van der Waals surface area contributed by atoms with E-state index in [0.717, 1.165) is 16.6 Å². The molecule has 1 rings (SSSR count). The molecular formula is C11H14BrO2. The van der Waals surface area contributed by atoms with E-state index in [1.165, 1.54) is 0 Å². The zero-order chi connectivity index (χ0) is 10.2. The van der Waals surface area contributed by atoms with E-state index in [2.05, 4.69) is 15.9 Å². The quantitative estimate of drug-likeness (QED) is 0.730. The fourth-order valence-corrected chi connectivity index (χ4v) is 1.40. The maximum Gasteiger partial charge on any atom is 0.113 e. The maximum absolute atomic E-state index is 5.31. The summed E-state index contributed by atoms with van der Waals surface area (Å²) >= 11 is 3.40. The molecule has 0 aliphatic rings. The fraction of sp³-hybridized carbons (Fsp3) is 0.364. The molecule has 0 saturated carbocycles. The zero-order valence-corrected chi connectivity index (χ0v) is 9.79. The molecule has 0 heterocycles.